The van der Waals surface area contributed by atoms with Crippen LogP contribution in [0.3, 0.4) is 0 Å². The summed E-state index contributed by atoms with van der Waals surface area (Å²) in [5.74, 6) is 0.294. The number of halogens is 2. The number of alkyl halides is 2. The molecule has 1 amide bonds. The van der Waals surface area contributed by atoms with Crippen molar-refractivity contribution in [3.8, 4) is 5.75 Å². The van der Waals surface area contributed by atoms with E-state index < -0.39 is 6.61 Å². The van der Waals surface area contributed by atoms with Crippen molar-refractivity contribution in [2.24, 2.45) is 0 Å². The number of carbonyl (C=O) groups is 1. The lowest BCUT2D eigenvalue weighted by Crippen LogP contribution is -2.13. The van der Waals surface area contributed by atoms with Crippen LogP contribution in [-0.2, 0) is 4.79 Å². The van der Waals surface area contributed by atoms with E-state index in [0.717, 1.165) is 0 Å². The largest absolute Gasteiger partial charge is 0.435 e. The maximum Gasteiger partial charge on any atom is 0.387 e. The molecule has 0 unspecified atom stereocenters. The molecule has 0 bridgehead atoms. The van der Waals surface area contributed by atoms with Gasteiger partial charge in [0.25, 0.3) is 0 Å². The number of ether oxygens (including phenoxy) is 1. The molecule has 0 atom stereocenters. The van der Waals surface area contributed by atoms with Gasteiger partial charge >= 0.3 is 6.61 Å². The summed E-state index contributed by atoms with van der Waals surface area (Å²) in [6.45, 7) is -2.84. The Morgan fingerprint density at radius 2 is 2.06 bits per heavy atom. The highest BCUT2D eigenvalue weighted by Crippen LogP contribution is 2.17. The molecule has 0 aromatic heterocycles. The molecule has 0 aliphatic rings. The topological polar surface area (TPSA) is 38.3 Å². The Morgan fingerprint density at radius 1 is 1.44 bits per heavy atom. The number of hydrogen-bond acceptors (Lipinski definition) is 3. The van der Waals surface area contributed by atoms with E-state index in [-0.39, 0.29) is 11.7 Å². The van der Waals surface area contributed by atoms with Gasteiger partial charge in [0, 0.05) is 5.69 Å². The molecule has 1 aromatic rings. The number of amides is 1. The lowest BCUT2D eigenvalue weighted by Gasteiger charge is -2.06. The van der Waals surface area contributed by atoms with Crippen LogP contribution in [0.4, 0.5) is 14.5 Å². The summed E-state index contributed by atoms with van der Waals surface area (Å²) in [7, 11) is 0. The molecular formula is C10H11F2NO2S. The van der Waals surface area contributed by atoms with Crippen LogP contribution in [0, 0.1) is 0 Å². The summed E-state index contributed by atoms with van der Waals surface area (Å²) < 4.78 is 27.8. The standard InChI is InChI=1S/C10H11F2NO2S/c1-16-6-9(14)13-7-2-4-8(5-3-7)15-10(11)12/h2-5,10H,6H2,1H3,(H,13,14). The third-order valence-corrected chi connectivity index (χ3v) is 2.19. The summed E-state index contributed by atoms with van der Waals surface area (Å²) >= 11 is 1.40. The number of nitrogens with one attached hydrogen (secondary N) is 1. The number of anilines is 1. The van der Waals surface area contributed by atoms with Crippen molar-refractivity contribution in [2.75, 3.05) is 17.3 Å². The molecule has 0 radical (unpaired) electrons. The van der Waals surface area contributed by atoms with Gasteiger partial charge in [-0.1, -0.05) is 0 Å². The van der Waals surface area contributed by atoms with Crippen LogP contribution in [0.1, 0.15) is 0 Å². The molecule has 88 valence electrons. The van der Waals surface area contributed by atoms with Crippen LogP contribution >= 0.6 is 11.8 Å². The first-order chi connectivity index (χ1) is 7.61. The Hall–Kier alpha value is -1.30. The third kappa shape index (κ3) is 4.48. The van der Waals surface area contributed by atoms with Gasteiger partial charge in [0.1, 0.15) is 5.75 Å². The van der Waals surface area contributed by atoms with Gasteiger partial charge < -0.3 is 10.1 Å². The molecule has 1 aromatic carbocycles. The highest BCUT2D eigenvalue weighted by Gasteiger charge is 2.04. The molecule has 0 saturated heterocycles. The predicted molar refractivity (Wildman–Crippen MR) is 60.1 cm³/mol. The smallest absolute Gasteiger partial charge is 0.387 e. The zero-order valence-electron chi connectivity index (χ0n) is 8.57. The fraction of sp³-hybridized carbons (Fsp3) is 0.300. The first kappa shape index (κ1) is 12.8. The van der Waals surface area contributed by atoms with E-state index in [4.69, 9.17) is 0 Å². The first-order valence-corrected chi connectivity index (χ1v) is 5.85. The Morgan fingerprint density at radius 3 is 2.56 bits per heavy atom. The van der Waals surface area contributed by atoms with Gasteiger partial charge in [0.05, 0.1) is 5.75 Å². The molecule has 0 aliphatic carbocycles. The first-order valence-electron chi connectivity index (χ1n) is 4.45. The van der Waals surface area contributed by atoms with Crippen molar-refractivity contribution in [1.82, 2.24) is 0 Å². The monoisotopic (exact) mass is 247 g/mol. The van der Waals surface area contributed by atoms with Gasteiger partial charge in [-0.2, -0.15) is 20.5 Å². The van der Waals surface area contributed by atoms with Crippen molar-refractivity contribution < 1.29 is 18.3 Å². The van der Waals surface area contributed by atoms with Crippen LogP contribution < -0.4 is 10.1 Å². The molecular weight excluding hydrogens is 236 g/mol. The average Bonchev–Trinajstić information content (AvgIpc) is 2.20. The zero-order valence-corrected chi connectivity index (χ0v) is 9.39. The van der Waals surface area contributed by atoms with Crippen LogP contribution in [0.2, 0.25) is 0 Å². The van der Waals surface area contributed by atoms with Gasteiger partial charge in [-0.3, -0.25) is 4.79 Å². The summed E-state index contributed by atoms with van der Waals surface area (Å²) in [5, 5.41) is 2.62. The molecule has 1 N–H and O–H groups in total. The molecule has 0 aliphatic heterocycles. The summed E-state index contributed by atoms with van der Waals surface area (Å²) in [6, 6.07) is 5.77. The quantitative estimate of drug-likeness (QED) is 0.869. The van der Waals surface area contributed by atoms with E-state index in [2.05, 4.69) is 10.1 Å². The third-order valence-electron chi connectivity index (χ3n) is 1.64. The van der Waals surface area contributed by atoms with Gasteiger partial charge in [-0.25, -0.2) is 0 Å². The molecule has 1 rings (SSSR count). The van der Waals surface area contributed by atoms with E-state index in [0.29, 0.717) is 11.4 Å². The second-order valence-corrected chi connectivity index (χ2v) is 3.75. The van der Waals surface area contributed by atoms with Crippen LogP contribution in [0.5, 0.6) is 5.75 Å². The Bertz CT molecular complexity index is 343. The van der Waals surface area contributed by atoms with Crippen molar-refractivity contribution in [3.63, 3.8) is 0 Å². The van der Waals surface area contributed by atoms with Gasteiger partial charge in [0.2, 0.25) is 5.91 Å². The van der Waals surface area contributed by atoms with Gasteiger partial charge in [-0.15, -0.1) is 0 Å². The molecule has 3 nitrogen and oxygen atoms in total. The minimum atomic E-state index is -2.84. The second kappa shape index (κ2) is 6.32. The predicted octanol–water partition coefficient (Wildman–Crippen LogP) is 2.59. The number of rotatable bonds is 5. The van der Waals surface area contributed by atoms with E-state index in [1.807, 2.05) is 6.26 Å². The van der Waals surface area contributed by atoms with E-state index >= 15 is 0 Å². The molecule has 6 heteroatoms. The fourth-order valence-electron chi connectivity index (χ4n) is 1.05. The summed E-state index contributed by atoms with van der Waals surface area (Å²) in [6.07, 6.45) is 1.82. The highest BCUT2D eigenvalue weighted by atomic mass is 32.2. The molecule has 0 spiro atoms. The number of thioether (sulfide) groups is 1. The minimum absolute atomic E-state index is 0.0675. The summed E-state index contributed by atoms with van der Waals surface area (Å²) in [4.78, 5) is 11.2. The minimum Gasteiger partial charge on any atom is -0.435 e. The van der Waals surface area contributed by atoms with Crippen LogP contribution in [-0.4, -0.2) is 24.5 Å². The second-order valence-electron chi connectivity index (χ2n) is 2.88. The van der Waals surface area contributed by atoms with Crippen LogP contribution in [0.25, 0.3) is 0 Å². The fourth-order valence-corrected chi connectivity index (χ4v) is 1.38. The highest BCUT2D eigenvalue weighted by molar-refractivity contribution is 7.99. The Labute approximate surface area is 96.2 Å². The Balaban J connectivity index is 2.54. The lowest BCUT2D eigenvalue weighted by molar-refractivity contribution is -0.113. The lowest BCUT2D eigenvalue weighted by atomic mass is 10.3. The van der Waals surface area contributed by atoms with E-state index in [1.54, 1.807) is 0 Å². The maximum absolute atomic E-state index is 11.8. The van der Waals surface area contributed by atoms with Crippen LogP contribution in [0.15, 0.2) is 24.3 Å². The Kier molecular flexibility index (Phi) is 5.04. The number of hydrogen-bond donors (Lipinski definition) is 1. The van der Waals surface area contributed by atoms with Crippen molar-refractivity contribution in [2.45, 2.75) is 6.61 Å². The normalized spacial score (nSPS) is 10.2. The van der Waals surface area contributed by atoms with Crippen molar-refractivity contribution in [3.05, 3.63) is 24.3 Å². The zero-order chi connectivity index (χ0) is 12.0. The number of benzene rings is 1. The van der Waals surface area contributed by atoms with Gasteiger partial charge in [-0.05, 0) is 30.5 Å². The molecule has 0 fully saturated rings. The number of carbonyl (C=O) groups excluding carboxylic acids is 1. The molecule has 16 heavy (non-hydrogen) atoms. The maximum atomic E-state index is 11.8. The van der Waals surface area contributed by atoms with E-state index in [1.165, 1.54) is 36.0 Å². The SMILES string of the molecule is CSCC(=O)Nc1ccc(OC(F)F)cc1. The van der Waals surface area contributed by atoms with E-state index in [9.17, 15) is 13.6 Å². The van der Waals surface area contributed by atoms with Gasteiger partial charge in [0.15, 0.2) is 0 Å². The molecule has 0 saturated carbocycles. The average molecular weight is 247 g/mol. The molecule has 0 heterocycles. The van der Waals surface area contributed by atoms with Crippen molar-refractivity contribution >= 4 is 23.4 Å². The summed E-state index contributed by atoms with van der Waals surface area (Å²) in [5.41, 5.74) is 0.556. The van der Waals surface area contributed by atoms with Crippen molar-refractivity contribution in [1.29, 1.82) is 0 Å².